The number of aromatic nitrogens is 1. The summed E-state index contributed by atoms with van der Waals surface area (Å²) >= 11 is 0. The lowest BCUT2D eigenvalue weighted by atomic mass is 10.1. The van der Waals surface area contributed by atoms with Crippen molar-refractivity contribution in [1.82, 2.24) is 9.47 Å². The molecule has 1 heterocycles. The van der Waals surface area contributed by atoms with Gasteiger partial charge in [0.1, 0.15) is 18.2 Å². The van der Waals surface area contributed by atoms with Crippen molar-refractivity contribution < 1.29 is 9.13 Å². The molecule has 0 aliphatic carbocycles. The lowest BCUT2D eigenvalue weighted by Gasteiger charge is -2.12. The van der Waals surface area contributed by atoms with Crippen LogP contribution in [0.15, 0.2) is 48.7 Å². The molecule has 3 nitrogen and oxygen atoms in total. The average molecular weight is 340 g/mol. The highest BCUT2D eigenvalue weighted by atomic mass is 19.1. The van der Waals surface area contributed by atoms with Crippen LogP contribution in [0.2, 0.25) is 0 Å². The molecular weight excluding hydrogens is 315 g/mol. The van der Waals surface area contributed by atoms with Crippen LogP contribution in [-0.2, 0) is 19.6 Å². The second-order valence-corrected chi connectivity index (χ2v) is 6.57. The zero-order valence-corrected chi connectivity index (χ0v) is 15.1. The highest BCUT2D eigenvalue weighted by Crippen LogP contribution is 2.33. The third-order valence-corrected chi connectivity index (χ3v) is 4.39. The molecule has 0 saturated carbocycles. The Morgan fingerprint density at radius 1 is 1.12 bits per heavy atom. The van der Waals surface area contributed by atoms with Crippen molar-refractivity contribution in [3.63, 3.8) is 0 Å². The molecule has 0 N–H and O–H groups in total. The zero-order chi connectivity index (χ0) is 17.8. The molecule has 0 saturated heterocycles. The SMILES string of the molecule is CCn1cc(CCN(C)C)c2c(OCc3ccccc3)cc(F)cc21. The molecule has 0 bridgehead atoms. The Bertz CT molecular complexity index is 840. The van der Waals surface area contributed by atoms with E-state index in [1.54, 1.807) is 6.07 Å². The summed E-state index contributed by atoms with van der Waals surface area (Å²) in [5, 5.41) is 1.03. The molecule has 0 atom stereocenters. The minimum Gasteiger partial charge on any atom is -0.488 e. The maximum absolute atomic E-state index is 14.2. The summed E-state index contributed by atoms with van der Waals surface area (Å²) in [5.41, 5.74) is 3.18. The van der Waals surface area contributed by atoms with Crippen LogP contribution in [0.1, 0.15) is 18.1 Å². The molecule has 0 aliphatic rings. The van der Waals surface area contributed by atoms with Crippen LogP contribution in [-0.4, -0.2) is 30.1 Å². The molecule has 3 rings (SSSR count). The number of fused-ring (bicyclic) bond motifs is 1. The minimum absolute atomic E-state index is 0.262. The third kappa shape index (κ3) is 4.02. The van der Waals surface area contributed by atoms with Crippen LogP contribution in [0.5, 0.6) is 5.75 Å². The Kier molecular flexibility index (Phi) is 5.39. The molecule has 3 aromatic rings. The highest BCUT2D eigenvalue weighted by Gasteiger charge is 2.15. The van der Waals surface area contributed by atoms with E-state index in [0.717, 1.165) is 36.0 Å². The number of hydrogen-bond acceptors (Lipinski definition) is 2. The van der Waals surface area contributed by atoms with Crippen LogP contribution in [0.3, 0.4) is 0 Å². The topological polar surface area (TPSA) is 17.4 Å². The molecule has 0 fully saturated rings. The fraction of sp³-hybridized carbons (Fsp3) is 0.333. The minimum atomic E-state index is -0.262. The lowest BCUT2D eigenvalue weighted by molar-refractivity contribution is 0.308. The van der Waals surface area contributed by atoms with Crippen molar-refractivity contribution in [3.05, 3.63) is 65.6 Å². The molecular formula is C21H25FN2O. The van der Waals surface area contributed by atoms with E-state index >= 15 is 0 Å². The van der Waals surface area contributed by atoms with E-state index in [2.05, 4.69) is 36.7 Å². The Labute approximate surface area is 148 Å². The molecule has 4 heteroatoms. The normalized spacial score (nSPS) is 11.4. The maximum atomic E-state index is 14.2. The van der Waals surface area contributed by atoms with Gasteiger partial charge in [-0.25, -0.2) is 4.39 Å². The van der Waals surface area contributed by atoms with E-state index in [0.29, 0.717) is 12.4 Å². The number of hydrogen-bond donors (Lipinski definition) is 0. The quantitative estimate of drug-likeness (QED) is 0.631. The molecule has 132 valence electrons. The summed E-state index contributed by atoms with van der Waals surface area (Å²) in [7, 11) is 4.12. The Hall–Kier alpha value is -2.33. The summed E-state index contributed by atoms with van der Waals surface area (Å²) in [6, 6.07) is 13.1. The van der Waals surface area contributed by atoms with Crippen molar-refractivity contribution in [3.8, 4) is 5.75 Å². The Morgan fingerprint density at radius 2 is 1.88 bits per heavy atom. The number of nitrogens with zero attached hydrogens (tertiary/aromatic N) is 2. The standard InChI is InChI=1S/C21H25FN2O/c1-4-24-14-17(10-11-23(2)3)21-19(24)12-18(22)13-20(21)25-15-16-8-6-5-7-9-16/h5-9,12-14H,4,10-11,15H2,1-3H3. The fourth-order valence-corrected chi connectivity index (χ4v) is 3.08. The van der Waals surface area contributed by atoms with Crippen molar-refractivity contribution in [2.45, 2.75) is 26.5 Å². The van der Waals surface area contributed by atoms with E-state index in [-0.39, 0.29) is 5.82 Å². The third-order valence-electron chi connectivity index (χ3n) is 4.39. The van der Waals surface area contributed by atoms with Gasteiger partial charge in [-0.2, -0.15) is 0 Å². The lowest BCUT2D eigenvalue weighted by Crippen LogP contribution is -2.15. The van der Waals surface area contributed by atoms with Gasteiger partial charge in [-0.05, 0) is 44.6 Å². The highest BCUT2D eigenvalue weighted by molar-refractivity contribution is 5.90. The smallest absolute Gasteiger partial charge is 0.132 e. The second kappa shape index (κ2) is 7.70. The molecule has 0 unspecified atom stereocenters. The molecule has 2 aromatic carbocycles. The molecule has 0 radical (unpaired) electrons. The van der Waals surface area contributed by atoms with E-state index in [1.807, 2.05) is 30.3 Å². The van der Waals surface area contributed by atoms with Crippen molar-refractivity contribution >= 4 is 10.9 Å². The van der Waals surface area contributed by atoms with Crippen LogP contribution in [0, 0.1) is 5.82 Å². The van der Waals surface area contributed by atoms with Gasteiger partial charge < -0.3 is 14.2 Å². The number of benzene rings is 2. The number of likely N-dealkylation sites (N-methyl/N-ethyl adjacent to an activating group) is 1. The van der Waals surface area contributed by atoms with Gasteiger partial charge in [0.25, 0.3) is 0 Å². The number of ether oxygens (including phenoxy) is 1. The molecule has 25 heavy (non-hydrogen) atoms. The summed E-state index contributed by atoms with van der Waals surface area (Å²) in [6.07, 6.45) is 3.03. The van der Waals surface area contributed by atoms with Gasteiger partial charge in [0.05, 0.1) is 5.52 Å². The van der Waals surface area contributed by atoms with E-state index in [4.69, 9.17) is 4.74 Å². The van der Waals surface area contributed by atoms with E-state index < -0.39 is 0 Å². The monoisotopic (exact) mass is 340 g/mol. The van der Waals surface area contributed by atoms with E-state index in [9.17, 15) is 4.39 Å². The van der Waals surface area contributed by atoms with Gasteiger partial charge in [0, 0.05) is 30.7 Å². The van der Waals surface area contributed by atoms with Crippen LogP contribution in [0.4, 0.5) is 4.39 Å². The summed E-state index contributed by atoms with van der Waals surface area (Å²) < 4.78 is 22.3. The van der Waals surface area contributed by atoms with Crippen molar-refractivity contribution in [2.24, 2.45) is 0 Å². The van der Waals surface area contributed by atoms with Gasteiger partial charge in [-0.15, -0.1) is 0 Å². The first-order valence-corrected chi connectivity index (χ1v) is 8.71. The first kappa shape index (κ1) is 17.5. The van der Waals surface area contributed by atoms with Crippen LogP contribution >= 0.6 is 0 Å². The van der Waals surface area contributed by atoms with Gasteiger partial charge in [-0.1, -0.05) is 30.3 Å². The molecule has 0 spiro atoms. The molecule has 0 aliphatic heterocycles. The van der Waals surface area contributed by atoms with Gasteiger partial charge in [0.15, 0.2) is 0 Å². The van der Waals surface area contributed by atoms with Crippen LogP contribution < -0.4 is 4.74 Å². The summed E-state index contributed by atoms with van der Waals surface area (Å²) in [4.78, 5) is 2.16. The molecule has 1 aromatic heterocycles. The first-order valence-electron chi connectivity index (χ1n) is 8.71. The zero-order valence-electron chi connectivity index (χ0n) is 15.1. The first-order chi connectivity index (χ1) is 12.1. The van der Waals surface area contributed by atoms with Gasteiger partial charge in [0.2, 0.25) is 0 Å². The number of aryl methyl sites for hydroxylation is 1. The Morgan fingerprint density at radius 3 is 2.56 bits per heavy atom. The van der Waals surface area contributed by atoms with Gasteiger partial charge in [-0.3, -0.25) is 0 Å². The van der Waals surface area contributed by atoms with Crippen LogP contribution in [0.25, 0.3) is 10.9 Å². The summed E-state index contributed by atoms with van der Waals surface area (Å²) in [6.45, 7) is 4.26. The largest absolute Gasteiger partial charge is 0.488 e. The number of rotatable bonds is 7. The van der Waals surface area contributed by atoms with Crippen molar-refractivity contribution in [2.75, 3.05) is 20.6 Å². The predicted molar refractivity (Wildman–Crippen MR) is 101 cm³/mol. The second-order valence-electron chi connectivity index (χ2n) is 6.57. The summed E-state index contributed by atoms with van der Waals surface area (Å²) in [5.74, 6) is 0.363. The van der Waals surface area contributed by atoms with Gasteiger partial charge >= 0.3 is 0 Å². The predicted octanol–water partition coefficient (Wildman–Crippen LogP) is 4.48. The maximum Gasteiger partial charge on any atom is 0.132 e. The molecule has 0 amide bonds. The number of halogens is 1. The average Bonchev–Trinajstić information content (AvgIpc) is 2.96. The Balaban J connectivity index is 1.98. The fourth-order valence-electron chi connectivity index (χ4n) is 3.08. The van der Waals surface area contributed by atoms with E-state index in [1.165, 1.54) is 11.6 Å². The van der Waals surface area contributed by atoms with Crippen molar-refractivity contribution in [1.29, 1.82) is 0 Å².